The number of thiophene rings is 1. The highest BCUT2D eigenvalue weighted by molar-refractivity contribution is 7.18. The van der Waals surface area contributed by atoms with Gasteiger partial charge in [0.05, 0.1) is 30.2 Å². The molecule has 4 heterocycles. The number of nitrogens with zero attached hydrogens (tertiary/aromatic N) is 2. The second kappa shape index (κ2) is 7.93. The Labute approximate surface area is 178 Å². The van der Waals surface area contributed by atoms with E-state index >= 15 is 0 Å². The van der Waals surface area contributed by atoms with Crippen molar-refractivity contribution in [3.05, 3.63) is 65.4 Å². The number of rotatable bonds is 5. The fourth-order valence-electron chi connectivity index (χ4n) is 3.78. The Kier molecular flexibility index (Phi) is 4.98. The topological polar surface area (TPSA) is 67.5 Å². The number of carbonyl (C=O) groups excluding carboxylic acids is 1. The minimum atomic E-state index is 0.00863. The van der Waals surface area contributed by atoms with Gasteiger partial charge in [-0.2, -0.15) is 0 Å². The fourth-order valence-corrected chi connectivity index (χ4v) is 4.97. The first-order valence-electron chi connectivity index (χ1n) is 9.81. The number of aromatic amines is 1. The second-order valence-electron chi connectivity index (χ2n) is 7.11. The van der Waals surface area contributed by atoms with Crippen LogP contribution in [-0.4, -0.2) is 49.2 Å². The van der Waals surface area contributed by atoms with E-state index in [0.29, 0.717) is 23.7 Å². The summed E-state index contributed by atoms with van der Waals surface area (Å²) >= 11 is 1.54. The number of anilines is 1. The molecule has 1 aliphatic rings. The maximum Gasteiger partial charge on any atom is 0.205 e. The van der Waals surface area contributed by atoms with Crippen LogP contribution in [0.5, 0.6) is 5.75 Å². The van der Waals surface area contributed by atoms with Crippen LogP contribution >= 0.6 is 11.3 Å². The number of aromatic nitrogens is 2. The van der Waals surface area contributed by atoms with Crippen LogP contribution in [0.25, 0.3) is 22.0 Å². The quantitative estimate of drug-likeness (QED) is 0.487. The van der Waals surface area contributed by atoms with E-state index in [-0.39, 0.29) is 5.78 Å². The largest absolute Gasteiger partial charge is 0.497 e. The van der Waals surface area contributed by atoms with Gasteiger partial charge in [-0.3, -0.25) is 9.78 Å². The van der Waals surface area contributed by atoms with E-state index < -0.39 is 0 Å². The van der Waals surface area contributed by atoms with Crippen molar-refractivity contribution in [1.29, 1.82) is 0 Å². The lowest BCUT2D eigenvalue weighted by Gasteiger charge is -2.28. The van der Waals surface area contributed by atoms with Crippen molar-refractivity contribution in [3.63, 3.8) is 0 Å². The summed E-state index contributed by atoms with van der Waals surface area (Å²) in [4.78, 5) is 23.8. The fraction of sp³-hybridized carbons (Fsp3) is 0.217. The van der Waals surface area contributed by atoms with Gasteiger partial charge in [0.2, 0.25) is 5.78 Å². The predicted molar refractivity (Wildman–Crippen MR) is 119 cm³/mol. The number of methoxy groups -OCH3 is 1. The lowest BCUT2D eigenvalue weighted by atomic mass is 10.1. The standard InChI is InChI=1S/C23H21N3O3S/c1-28-16-2-3-20-18(12-16)19(14-25-20)22(27)21-13-17(15-4-6-24-7-5-15)23(30-21)26-8-10-29-11-9-26/h2-7,12-14,25H,8-11H2,1H3. The molecule has 0 bridgehead atoms. The molecule has 1 N–H and O–H groups in total. The average molecular weight is 420 g/mol. The van der Waals surface area contributed by atoms with Crippen molar-refractivity contribution in [1.82, 2.24) is 9.97 Å². The Balaban J connectivity index is 1.59. The molecule has 0 spiro atoms. The molecule has 1 fully saturated rings. The van der Waals surface area contributed by atoms with Crippen molar-refractivity contribution < 1.29 is 14.3 Å². The number of carbonyl (C=O) groups is 1. The number of hydrogen-bond donors (Lipinski definition) is 1. The number of hydrogen-bond acceptors (Lipinski definition) is 6. The average Bonchev–Trinajstić information content (AvgIpc) is 3.44. The maximum absolute atomic E-state index is 13.5. The number of benzene rings is 1. The van der Waals surface area contributed by atoms with Gasteiger partial charge >= 0.3 is 0 Å². The summed E-state index contributed by atoms with van der Waals surface area (Å²) in [6.45, 7) is 3.02. The first kappa shape index (κ1) is 18.8. The van der Waals surface area contributed by atoms with Gasteiger partial charge in [0, 0.05) is 53.7 Å². The molecule has 0 saturated carbocycles. The molecule has 1 saturated heterocycles. The normalized spacial score (nSPS) is 14.2. The molecule has 6 nitrogen and oxygen atoms in total. The number of morpholine rings is 1. The van der Waals surface area contributed by atoms with Crippen LogP contribution in [0.1, 0.15) is 15.2 Å². The highest BCUT2D eigenvalue weighted by atomic mass is 32.1. The van der Waals surface area contributed by atoms with E-state index in [1.165, 1.54) is 0 Å². The summed E-state index contributed by atoms with van der Waals surface area (Å²) in [6, 6.07) is 11.7. The number of pyridine rings is 1. The smallest absolute Gasteiger partial charge is 0.205 e. The Morgan fingerprint density at radius 3 is 2.73 bits per heavy atom. The van der Waals surface area contributed by atoms with Crippen LogP contribution in [0.15, 0.2) is 55.0 Å². The third kappa shape index (κ3) is 3.36. The predicted octanol–water partition coefficient (Wildman–Crippen LogP) is 4.37. The molecule has 3 aromatic heterocycles. The van der Waals surface area contributed by atoms with Crippen molar-refractivity contribution >= 4 is 33.0 Å². The monoisotopic (exact) mass is 419 g/mol. The highest BCUT2D eigenvalue weighted by Crippen LogP contribution is 2.40. The van der Waals surface area contributed by atoms with E-state index in [1.54, 1.807) is 37.0 Å². The summed E-state index contributed by atoms with van der Waals surface area (Å²) in [5.41, 5.74) is 3.69. The third-order valence-corrected chi connectivity index (χ3v) is 6.55. The zero-order chi connectivity index (χ0) is 20.5. The lowest BCUT2D eigenvalue weighted by molar-refractivity contribution is 0.104. The number of nitrogens with one attached hydrogen (secondary N) is 1. The van der Waals surface area contributed by atoms with Gasteiger partial charge in [0.25, 0.3) is 0 Å². The van der Waals surface area contributed by atoms with Gasteiger partial charge in [-0.15, -0.1) is 11.3 Å². The van der Waals surface area contributed by atoms with Crippen molar-refractivity contribution in [2.45, 2.75) is 0 Å². The molecule has 1 aliphatic heterocycles. The van der Waals surface area contributed by atoms with Crippen LogP contribution in [0.4, 0.5) is 5.00 Å². The third-order valence-electron chi connectivity index (χ3n) is 5.36. The van der Waals surface area contributed by atoms with E-state index in [9.17, 15) is 4.79 Å². The van der Waals surface area contributed by atoms with E-state index in [2.05, 4.69) is 14.9 Å². The van der Waals surface area contributed by atoms with Gasteiger partial charge in [-0.05, 0) is 42.0 Å². The van der Waals surface area contributed by atoms with Crippen molar-refractivity contribution in [3.8, 4) is 16.9 Å². The van der Waals surface area contributed by atoms with Gasteiger partial charge in [0.1, 0.15) is 5.75 Å². The Bertz CT molecular complexity index is 1190. The molecule has 0 amide bonds. The zero-order valence-corrected chi connectivity index (χ0v) is 17.4. The van der Waals surface area contributed by atoms with E-state index in [0.717, 1.165) is 45.9 Å². The highest BCUT2D eigenvalue weighted by Gasteiger charge is 2.24. The molecule has 5 rings (SSSR count). The number of H-pyrrole nitrogens is 1. The molecule has 0 aliphatic carbocycles. The van der Waals surface area contributed by atoms with E-state index in [1.807, 2.05) is 36.4 Å². The number of ketones is 1. The Morgan fingerprint density at radius 1 is 1.17 bits per heavy atom. The summed E-state index contributed by atoms with van der Waals surface area (Å²) in [6.07, 6.45) is 5.35. The molecule has 30 heavy (non-hydrogen) atoms. The molecule has 152 valence electrons. The Hall–Kier alpha value is -3.16. The van der Waals surface area contributed by atoms with Crippen molar-refractivity contribution in [2.75, 3.05) is 38.3 Å². The zero-order valence-electron chi connectivity index (χ0n) is 16.6. The first-order chi connectivity index (χ1) is 14.7. The minimum absolute atomic E-state index is 0.00863. The van der Waals surface area contributed by atoms with Gasteiger partial charge in [-0.25, -0.2) is 0 Å². The molecule has 7 heteroatoms. The van der Waals surface area contributed by atoms with Gasteiger partial charge in [-0.1, -0.05) is 0 Å². The first-order valence-corrected chi connectivity index (χ1v) is 10.6. The Morgan fingerprint density at radius 2 is 1.97 bits per heavy atom. The van der Waals surface area contributed by atoms with Crippen LogP contribution in [-0.2, 0) is 4.74 Å². The van der Waals surface area contributed by atoms with Crippen molar-refractivity contribution in [2.24, 2.45) is 0 Å². The molecular formula is C23H21N3O3S. The summed E-state index contributed by atoms with van der Waals surface area (Å²) in [5.74, 6) is 0.739. The molecule has 0 radical (unpaired) electrons. The number of fused-ring (bicyclic) bond motifs is 1. The summed E-state index contributed by atoms with van der Waals surface area (Å²) in [5, 5.41) is 1.97. The summed E-state index contributed by atoms with van der Waals surface area (Å²) < 4.78 is 10.9. The minimum Gasteiger partial charge on any atom is -0.497 e. The molecule has 4 aromatic rings. The van der Waals surface area contributed by atoms with Crippen LogP contribution < -0.4 is 9.64 Å². The molecule has 0 atom stereocenters. The summed E-state index contributed by atoms with van der Waals surface area (Å²) in [7, 11) is 1.63. The van der Waals surface area contributed by atoms with E-state index in [4.69, 9.17) is 9.47 Å². The molecule has 0 unspecified atom stereocenters. The molecular weight excluding hydrogens is 398 g/mol. The van der Waals surface area contributed by atoms with Gasteiger partial charge in [0.15, 0.2) is 0 Å². The number of ether oxygens (including phenoxy) is 2. The second-order valence-corrected chi connectivity index (χ2v) is 8.14. The van der Waals surface area contributed by atoms with Gasteiger partial charge < -0.3 is 19.4 Å². The SMILES string of the molecule is COc1ccc2[nH]cc(C(=O)c3cc(-c4ccncc4)c(N4CCOCC4)s3)c2c1. The van der Waals surface area contributed by atoms with Crippen LogP contribution in [0, 0.1) is 0 Å². The molecule has 1 aromatic carbocycles. The lowest BCUT2D eigenvalue weighted by Crippen LogP contribution is -2.35. The van der Waals surface area contributed by atoms with Crippen LogP contribution in [0.3, 0.4) is 0 Å². The van der Waals surface area contributed by atoms with Crippen LogP contribution in [0.2, 0.25) is 0 Å². The maximum atomic E-state index is 13.5.